The maximum Gasteiger partial charge on any atom is 0.295 e. The van der Waals surface area contributed by atoms with Crippen molar-refractivity contribution in [3.63, 3.8) is 0 Å². The third-order valence-electron chi connectivity index (χ3n) is 6.32. The van der Waals surface area contributed by atoms with Crippen molar-refractivity contribution < 1.29 is 24.2 Å². The number of methoxy groups -OCH3 is 1. The van der Waals surface area contributed by atoms with Crippen LogP contribution in [0.1, 0.15) is 48.1 Å². The fourth-order valence-electron chi connectivity index (χ4n) is 4.34. The van der Waals surface area contributed by atoms with Crippen LogP contribution < -0.4 is 9.47 Å². The number of hydrogen-bond donors (Lipinski definition) is 1. The van der Waals surface area contributed by atoms with E-state index in [4.69, 9.17) is 9.47 Å². The quantitative estimate of drug-likeness (QED) is 0.179. The van der Waals surface area contributed by atoms with E-state index in [2.05, 4.69) is 6.92 Å². The van der Waals surface area contributed by atoms with Gasteiger partial charge in [0.05, 0.1) is 25.3 Å². The van der Waals surface area contributed by atoms with E-state index in [1.165, 1.54) is 4.90 Å². The summed E-state index contributed by atoms with van der Waals surface area (Å²) >= 11 is 0. The molecular formula is C30H31NO5. The lowest BCUT2D eigenvalue weighted by Crippen LogP contribution is -2.29. The van der Waals surface area contributed by atoms with Crippen LogP contribution in [-0.2, 0) is 16.1 Å². The van der Waals surface area contributed by atoms with Crippen molar-refractivity contribution in [1.82, 2.24) is 4.90 Å². The fourth-order valence-corrected chi connectivity index (χ4v) is 4.34. The Morgan fingerprint density at radius 1 is 0.972 bits per heavy atom. The van der Waals surface area contributed by atoms with Crippen LogP contribution in [0, 0.1) is 6.92 Å². The summed E-state index contributed by atoms with van der Waals surface area (Å²) < 4.78 is 11.5. The number of rotatable bonds is 9. The molecule has 1 aliphatic rings. The minimum absolute atomic E-state index is 0.0569. The van der Waals surface area contributed by atoms with E-state index in [1.54, 1.807) is 31.4 Å². The highest BCUT2D eigenvalue weighted by atomic mass is 16.5. The molecule has 0 aliphatic carbocycles. The molecule has 1 heterocycles. The van der Waals surface area contributed by atoms with Crippen molar-refractivity contribution >= 4 is 17.4 Å². The zero-order valence-electron chi connectivity index (χ0n) is 20.9. The zero-order valence-corrected chi connectivity index (χ0v) is 20.9. The second-order valence-electron chi connectivity index (χ2n) is 8.89. The van der Waals surface area contributed by atoms with Gasteiger partial charge >= 0.3 is 0 Å². The predicted octanol–water partition coefficient (Wildman–Crippen LogP) is 5.80. The van der Waals surface area contributed by atoms with Gasteiger partial charge in [-0.2, -0.15) is 0 Å². The van der Waals surface area contributed by atoms with Crippen LogP contribution in [0.4, 0.5) is 0 Å². The molecule has 0 radical (unpaired) electrons. The van der Waals surface area contributed by atoms with E-state index in [1.807, 2.05) is 55.5 Å². The van der Waals surface area contributed by atoms with Crippen LogP contribution in [-0.4, -0.2) is 35.4 Å². The van der Waals surface area contributed by atoms with E-state index < -0.39 is 17.7 Å². The fraction of sp³-hybridized carbons (Fsp3) is 0.267. The normalized spacial score (nSPS) is 16.9. The second-order valence-corrected chi connectivity index (χ2v) is 8.89. The van der Waals surface area contributed by atoms with Gasteiger partial charge in [-0.3, -0.25) is 9.59 Å². The van der Waals surface area contributed by atoms with Gasteiger partial charge in [-0.25, -0.2) is 0 Å². The molecule has 1 N–H and O–H groups in total. The Morgan fingerprint density at radius 3 is 2.36 bits per heavy atom. The Morgan fingerprint density at radius 2 is 1.69 bits per heavy atom. The SMILES string of the molecule is CCCCOc1ccc(C2C(=C(O)c3ccc(C)cc3)C(=O)C(=O)N2Cc2ccccc2)cc1OC. The summed E-state index contributed by atoms with van der Waals surface area (Å²) in [5.74, 6) is -0.468. The Kier molecular flexibility index (Phi) is 7.74. The third kappa shape index (κ3) is 5.13. The van der Waals surface area contributed by atoms with Gasteiger partial charge in [0.25, 0.3) is 11.7 Å². The predicted molar refractivity (Wildman–Crippen MR) is 139 cm³/mol. The number of aryl methyl sites for hydroxylation is 1. The lowest BCUT2D eigenvalue weighted by Gasteiger charge is -2.26. The summed E-state index contributed by atoms with van der Waals surface area (Å²) in [6.45, 7) is 4.82. The summed E-state index contributed by atoms with van der Waals surface area (Å²) in [5.41, 5.74) is 3.09. The van der Waals surface area contributed by atoms with Gasteiger partial charge in [0.2, 0.25) is 0 Å². The topological polar surface area (TPSA) is 76.1 Å². The molecule has 1 saturated heterocycles. The monoisotopic (exact) mass is 485 g/mol. The molecule has 6 nitrogen and oxygen atoms in total. The Bertz CT molecular complexity index is 1260. The average Bonchev–Trinajstić information content (AvgIpc) is 3.14. The molecule has 1 unspecified atom stereocenters. The summed E-state index contributed by atoms with van der Waals surface area (Å²) in [6.07, 6.45) is 1.92. The van der Waals surface area contributed by atoms with Gasteiger partial charge in [0, 0.05) is 12.1 Å². The molecule has 1 atom stereocenters. The average molecular weight is 486 g/mol. The van der Waals surface area contributed by atoms with Gasteiger partial charge in [0.15, 0.2) is 11.5 Å². The van der Waals surface area contributed by atoms with Crippen molar-refractivity contribution in [3.8, 4) is 11.5 Å². The minimum Gasteiger partial charge on any atom is -0.507 e. The number of benzene rings is 3. The van der Waals surface area contributed by atoms with Crippen molar-refractivity contribution in [1.29, 1.82) is 0 Å². The maximum atomic E-state index is 13.3. The van der Waals surface area contributed by atoms with Crippen molar-refractivity contribution in [2.75, 3.05) is 13.7 Å². The molecule has 36 heavy (non-hydrogen) atoms. The van der Waals surface area contributed by atoms with Crippen LogP contribution in [0.15, 0.2) is 78.4 Å². The first-order chi connectivity index (χ1) is 17.4. The van der Waals surface area contributed by atoms with Crippen molar-refractivity contribution in [3.05, 3.63) is 101 Å². The second kappa shape index (κ2) is 11.1. The molecule has 1 aliphatic heterocycles. The van der Waals surface area contributed by atoms with Crippen molar-refractivity contribution in [2.45, 2.75) is 39.3 Å². The number of unbranched alkanes of at least 4 members (excludes halogenated alkanes) is 1. The summed E-state index contributed by atoms with van der Waals surface area (Å²) in [4.78, 5) is 28.1. The first-order valence-corrected chi connectivity index (χ1v) is 12.1. The van der Waals surface area contributed by atoms with E-state index in [9.17, 15) is 14.7 Å². The number of Topliss-reactive ketones (excluding diaryl/α,β-unsaturated/α-hetero) is 1. The van der Waals surface area contributed by atoms with E-state index in [0.29, 0.717) is 29.2 Å². The largest absolute Gasteiger partial charge is 0.507 e. The number of carbonyl (C=O) groups excluding carboxylic acids is 2. The van der Waals surface area contributed by atoms with Gasteiger partial charge < -0.3 is 19.5 Å². The smallest absolute Gasteiger partial charge is 0.295 e. The van der Waals surface area contributed by atoms with Crippen LogP contribution in [0.25, 0.3) is 5.76 Å². The number of amides is 1. The highest BCUT2D eigenvalue weighted by molar-refractivity contribution is 6.46. The number of aliphatic hydroxyl groups is 1. The number of ketones is 1. The lowest BCUT2D eigenvalue weighted by atomic mass is 9.94. The molecule has 3 aromatic carbocycles. The number of hydrogen-bond acceptors (Lipinski definition) is 5. The molecule has 0 aromatic heterocycles. The lowest BCUT2D eigenvalue weighted by molar-refractivity contribution is -0.140. The standard InChI is InChI=1S/C30H31NO5/c1-4-5-17-36-24-16-15-23(18-25(24)35-3)27-26(28(32)22-13-11-20(2)12-14-22)29(33)30(34)31(27)19-21-9-7-6-8-10-21/h6-16,18,27,32H,4-5,17,19H2,1-3H3. The van der Waals surface area contributed by atoms with E-state index in [0.717, 1.165) is 24.0 Å². The van der Waals surface area contributed by atoms with Crippen LogP contribution in [0.5, 0.6) is 11.5 Å². The minimum atomic E-state index is -0.787. The molecule has 4 rings (SSSR count). The highest BCUT2D eigenvalue weighted by Gasteiger charge is 2.46. The summed E-state index contributed by atoms with van der Waals surface area (Å²) in [7, 11) is 1.55. The molecule has 0 saturated carbocycles. The Balaban J connectivity index is 1.82. The van der Waals surface area contributed by atoms with Gasteiger partial charge in [0.1, 0.15) is 5.76 Å². The molecule has 0 spiro atoms. The maximum absolute atomic E-state index is 13.3. The van der Waals surface area contributed by atoms with Crippen molar-refractivity contribution in [2.24, 2.45) is 0 Å². The number of nitrogens with zero attached hydrogens (tertiary/aromatic N) is 1. The molecular weight excluding hydrogens is 454 g/mol. The third-order valence-corrected chi connectivity index (χ3v) is 6.32. The number of aliphatic hydroxyl groups excluding tert-OH is 1. The number of carbonyl (C=O) groups is 2. The molecule has 1 fully saturated rings. The first-order valence-electron chi connectivity index (χ1n) is 12.1. The number of ether oxygens (including phenoxy) is 2. The van der Waals surface area contributed by atoms with Crippen LogP contribution >= 0.6 is 0 Å². The van der Waals surface area contributed by atoms with E-state index >= 15 is 0 Å². The molecule has 6 heteroatoms. The van der Waals surface area contributed by atoms with Crippen LogP contribution in [0.3, 0.4) is 0 Å². The molecule has 0 bridgehead atoms. The molecule has 1 amide bonds. The Hall–Kier alpha value is -4.06. The van der Waals surface area contributed by atoms with Gasteiger partial charge in [-0.05, 0) is 36.6 Å². The Labute approximate surface area is 211 Å². The zero-order chi connectivity index (χ0) is 25.7. The van der Waals surface area contributed by atoms with Gasteiger partial charge in [-0.1, -0.05) is 79.6 Å². The number of likely N-dealkylation sites (tertiary alicyclic amines) is 1. The summed E-state index contributed by atoms with van der Waals surface area (Å²) in [6, 6.07) is 21.3. The van der Waals surface area contributed by atoms with E-state index in [-0.39, 0.29) is 17.9 Å². The van der Waals surface area contributed by atoms with Crippen LogP contribution in [0.2, 0.25) is 0 Å². The molecule has 3 aromatic rings. The first kappa shape index (κ1) is 25.0. The highest BCUT2D eigenvalue weighted by Crippen LogP contribution is 2.42. The summed E-state index contributed by atoms with van der Waals surface area (Å²) in [5, 5.41) is 11.3. The molecule has 186 valence electrons. The van der Waals surface area contributed by atoms with Gasteiger partial charge in [-0.15, -0.1) is 0 Å².